The lowest BCUT2D eigenvalue weighted by Gasteiger charge is -2.21. The SMILES string of the molecule is COCCN1C[C@@H](N)[C@H](c2cccc(F)c2)C1.Cc1ccc(C(=O)OC(C(=O)O)[C@H](OC(=O)c2ccc(C)cc2)C(=O)O)cc1. The van der Waals surface area contributed by atoms with Gasteiger partial charge in [0.05, 0.1) is 17.7 Å². The Hall–Kier alpha value is -4.65. The second-order valence-corrected chi connectivity index (χ2v) is 10.6. The molecule has 45 heavy (non-hydrogen) atoms. The van der Waals surface area contributed by atoms with Crippen molar-refractivity contribution in [2.75, 3.05) is 33.4 Å². The van der Waals surface area contributed by atoms with Crippen LogP contribution in [0, 0.1) is 19.7 Å². The second kappa shape index (κ2) is 16.4. The third-order valence-corrected chi connectivity index (χ3v) is 7.13. The maximum atomic E-state index is 13.2. The minimum Gasteiger partial charge on any atom is -0.478 e. The fourth-order valence-corrected chi connectivity index (χ4v) is 4.64. The molecule has 0 aliphatic carbocycles. The minimum absolute atomic E-state index is 0.0332. The van der Waals surface area contributed by atoms with Gasteiger partial charge in [-0.2, -0.15) is 0 Å². The summed E-state index contributed by atoms with van der Waals surface area (Å²) < 4.78 is 27.9. The fraction of sp³-hybridized carbons (Fsp3) is 0.333. The van der Waals surface area contributed by atoms with Crippen LogP contribution in [-0.4, -0.2) is 90.6 Å². The first-order valence-corrected chi connectivity index (χ1v) is 14.1. The summed E-state index contributed by atoms with van der Waals surface area (Å²) in [6, 6.07) is 18.9. The van der Waals surface area contributed by atoms with E-state index in [-0.39, 0.29) is 28.9 Å². The summed E-state index contributed by atoms with van der Waals surface area (Å²) in [5.41, 5.74) is 8.91. The summed E-state index contributed by atoms with van der Waals surface area (Å²) in [7, 11) is 1.69. The summed E-state index contributed by atoms with van der Waals surface area (Å²) in [6.45, 7) is 6.91. The van der Waals surface area contributed by atoms with Crippen LogP contribution in [0.15, 0.2) is 72.8 Å². The van der Waals surface area contributed by atoms with Crippen molar-refractivity contribution in [2.24, 2.45) is 5.73 Å². The number of methoxy groups -OCH3 is 1. The van der Waals surface area contributed by atoms with Gasteiger partial charge in [0.1, 0.15) is 5.82 Å². The number of nitrogens with zero attached hydrogens (tertiary/aromatic N) is 1. The zero-order valence-corrected chi connectivity index (χ0v) is 25.2. The molecule has 11 nitrogen and oxygen atoms in total. The number of hydrogen-bond donors (Lipinski definition) is 3. The van der Waals surface area contributed by atoms with Gasteiger partial charge in [0, 0.05) is 38.7 Å². The molecular weight excluding hydrogens is 587 g/mol. The van der Waals surface area contributed by atoms with Gasteiger partial charge in [-0.1, -0.05) is 47.5 Å². The van der Waals surface area contributed by atoms with E-state index in [1.807, 2.05) is 6.07 Å². The van der Waals surface area contributed by atoms with Gasteiger partial charge in [-0.25, -0.2) is 23.6 Å². The molecule has 1 aliphatic heterocycles. The lowest BCUT2D eigenvalue weighted by molar-refractivity contribution is -0.166. The number of aryl methyl sites for hydroxylation is 2. The number of nitrogens with two attached hydrogens (primary N) is 1. The van der Waals surface area contributed by atoms with Crippen molar-refractivity contribution in [1.29, 1.82) is 0 Å². The molecular formula is C33H37FN2O9. The maximum Gasteiger partial charge on any atom is 0.349 e. The van der Waals surface area contributed by atoms with Crippen LogP contribution < -0.4 is 5.73 Å². The van der Waals surface area contributed by atoms with E-state index in [1.54, 1.807) is 57.4 Å². The van der Waals surface area contributed by atoms with Crippen LogP contribution in [0.3, 0.4) is 0 Å². The number of ether oxygens (including phenoxy) is 3. The van der Waals surface area contributed by atoms with Crippen molar-refractivity contribution in [2.45, 2.75) is 38.0 Å². The highest BCUT2D eigenvalue weighted by Crippen LogP contribution is 2.26. The third-order valence-electron chi connectivity index (χ3n) is 7.13. The normalized spacial score (nSPS) is 17.4. The van der Waals surface area contributed by atoms with E-state index < -0.39 is 36.1 Å². The molecule has 3 aromatic carbocycles. The first-order chi connectivity index (χ1) is 21.4. The predicted molar refractivity (Wildman–Crippen MR) is 161 cm³/mol. The van der Waals surface area contributed by atoms with Crippen molar-refractivity contribution in [3.63, 3.8) is 0 Å². The van der Waals surface area contributed by atoms with Gasteiger partial charge in [0.25, 0.3) is 0 Å². The van der Waals surface area contributed by atoms with Gasteiger partial charge in [-0.15, -0.1) is 0 Å². The monoisotopic (exact) mass is 624 g/mol. The van der Waals surface area contributed by atoms with E-state index in [9.17, 15) is 33.8 Å². The Labute approximate surface area is 260 Å². The highest BCUT2D eigenvalue weighted by molar-refractivity contribution is 5.95. The molecule has 1 unspecified atom stereocenters. The highest BCUT2D eigenvalue weighted by Gasteiger charge is 2.41. The number of aliphatic carboxylic acids is 2. The number of carbonyl (C=O) groups excluding carboxylic acids is 2. The third kappa shape index (κ3) is 10.2. The molecule has 1 fully saturated rings. The average molecular weight is 625 g/mol. The van der Waals surface area contributed by atoms with E-state index >= 15 is 0 Å². The molecule has 0 spiro atoms. The smallest absolute Gasteiger partial charge is 0.349 e. The summed E-state index contributed by atoms with van der Waals surface area (Å²) in [4.78, 5) is 49.6. The maximum absolute atomic E-state index is 13.2. The molecule has 1 heterocycles. The molecule has 0 amide bonds. The number of likely N-dealkylation sites (tertiary alicyclic amines) is 1. The number of carbonyl (C=O) groups is 4. The van der Waals surface area contributed by atoms with E-state index in [2.05, 4.69) is 4.90 Å². The standard InChI is InChI=1S/C20H18O8.C13H19FN2O/c1-11-3-7-13(8-4-11)19(25)27-15(17(21)22)16(18(23)24)28-20(26)14-9-5-12(2)6-10-14;1-17-6-5-16-8-12(13(15)9-16)10-3-2-4-11(14)7-10/h3-10,15-16H,1-2H3,(H,21,22)(H,23,24);2-4,7,12-13H,5-6,8-9,15H2,1H3/t15-,16?;12-,13+/m00/s1. The summed E-state index contributed by atoms with van der Waals surface area (Å²) >= 11 is 0. The molecule has 1 saturated heterocycles. The van der Waals surface area contributed by atoms with Crippen molar-refractivity contribution >= 4 is 23.9 Å². The van der Waals surface area contributed by atoms with Crippen molar-refractivity contribution < 1.29 is 48.0 Å². The zero-order chi connectivity index (χ0) is 33.1. The van der Waals surface area contributed by atoms with Crippen molar-refractivity contribution in [3.8, 4) is 0 Å². The molecule has 4 rings (SSSR count). The molecule has 3 aromatic rings. The van der Waals surface area contributed by atoms with E-state index in [4.69, 9.17) is 19.9 Å². The quantitative estimate of drug-likeness (QED) is 0.268. The van der Waals surface area contributed by atoms with Crippen molar-refractivity contribution in [3.05, 3.63) is 106 Å². The number of halogens is 1. The molecule has 4 N–H and O–H groups in total. The Bertz CT molecular complexity index is 1390. The Morgan fingerprint density at radius 1 is 0.844 bits per heavy atom. The first kappa shape index (κ1) is 34.8. The molecule has 4 atom stereocenters. The molecule has 0 aromatic heterocycles. The number of rotatable bonds is 11. The summed E-state index contributed by atoms with van der Waals surface area (Å²) in [5, 5.41) is 18.6. The Morgan fingerprint density at radius 3 is 1.76 bits per heavy atom. The second-order valence-electron chi connectivity index (χ2n) is 10.6. The van der Waals surface area contributed by atoms with E-state index in [0.29, 0.717) is 6.61 Å². The average Bonchev–Trinajstić information content (AvgIpc) is 3.38. The van der Waals surface area contributed by atoms with Crippen LogP contribution in [0.1, 0.15) is 43.3 Å². The Balaban J connectivity index is 0.000000276. The first-order valence-electron chi connectivity index (χ1n) is 14.1. The Kier molecular flexibility index (Phi) is 12.7. The Morgan fingerprint density at radius 2 is 1.33 bits per heavy atom. The number of esters is 2. The predicted octanol–water partition coefficient (Wildman–Crippen LogP) is 3.42. The molecule has 0 bridgehead atoms. The topological polar surface area (TPSA) is 166 Å². The van der Waals surface area contributed by atoms with E-state index in [1.165, 1.54) is 30.3 Å². The molecule has 0 radical (unpaired) electrons. The van der Waals surface area contributed by atoms with Gasteiger partial charge < -0.3 is 30.2 Å². The van der Waals surface area contributed by atoms with Crippen LogP contribution in [0.4, 0.5) is 4.39 Å². The molecule has 12 heteroatoms. The number of benzene rings is 3. The number of carboxylic acids is 2. The van der Waals surface area contributed by atoms with Crippen LogP contribution in [-0.2, 0) is 23.8 Å². The van der Waals surface area contributed by atoms with Gasteiger partial charge in [0.15, 0.2) is 0 Å². The lowest BCUT2D eigenvalue weighted by Crippen LogP contribution is -2.45. The minimum atomic E-state index is -2.22. The molecule has 0 saturated carbocycles. The zero-order valence-electron chi connectivity index (χ0n) is 25.2. The van der Waals surface area contributed by atoms with Gasteiger partial charge >= 0.3 is 23.9 Å². The van der Waals surface area contributed by atoms with Crippen LogP contribution >= 0.6 is 0 Å². The molecule has 240 valence electrons. The van der Waals surface area contributed by atoms with Gasteiger partial charge in [0.2, 0.25) is 12.2 Å². The number of carboxylic acid groups (broad SMARTS) is 2. The highest BCUT2D eigenvalue weighted by atomic mass is 19.1. The van der Waals surface area contributed by atoms with Crippen molar-refractivity contribution in [1.82, 2.24) is 4.90 Å². The van der Waals surface area contributed by atoms with Crippen LogP contribution in [0.5, 0.6) is 0 Å². The number of hydrogen-bond acceptors (Lipinski definition) is 9. The lowest BCUT2D eigenvalue weighted by atomic mass is 9.95. The van der Waals surface area contributed by atoms with Crippen LogP contribution in [0.2, 0.25) is 0 Å². The van der Waals surface area contributed by atoms with Gasteiger partial charge in [-0.3, -0.25) is 4.90 Å². The molecule has 1 aliphatic rings. The van der Waals surface area contributed by atoms with Crippen LogP contribution in [0.25, 0.3) is 0 Å². The van der Waals surface area contributed by atoms with E-state index in [0.717, 1.165) is 36.3 Å². The largest absolute Gasteiger partial charge is 0.478 e. The van der Waals surface area contributed by atoms with Gasteiger partial charge in [-0.05, 0) is 55.8 Å². The summed E-state index contributed by atoms with van der Waals surface area (Å²) in [6.07, 6.45) is -4.44. The fourth-order valence-electron chi connectivity index (χ4n) is 4.64. The summed E-state index contributed by atoms with van der Waals surface area (Å²) in [5.74, 6) is -5.59.